The maximum atomic E-state index is 12.4. The summed E-state index contributed by atoms with van der Waals surface area (Å²) in [4.78, 5) is 16.6. The summed E-state index contributed by atoms with van der Waals surface area (Å²) in [5.41, 5.74) is 0.468. The minimum Gasteiger partial charge on any atom is -0.348 e. The zero-order valence-corrected chi connectivity index (χ0v) is 16.8. The van der Waals surface area contributed by atoms with Crippen LogP contribution in [0.4, 0.5) is 0 Å². The summed E-state index contributed by atoms with van der Waals surface area (Å²) in [5, 5.41) is 11.0. The third kappa shape index (κ3) is 3.56. The predicted octanol–water partition coefficient (Wildman–Crippen LogP) is 3.41. The van der Waals surface area contributed by atoms with Gasteiger partial charge in [-0.2, -0.15) is 10.1 Å². The van der Waals surface area contributed by atoms with Crippen LogP contribution < -0.4 is 5.32 Å². The fourth-order valence-corrected chi connectivity index (χ4v) is 6.42. The lowest BCUT2D eigenvalue weighted by atomic mass is 9.49. The van der Waals surface area contributed by atoms with Gasteiger partial charge in [-0.25, -0.2) is 0 Å². The number of carbonyl (C=O) groups is 1. The first-order valence-electron chi connectivity index (χ1n) is 9.86. The molecule has 2 aromatic rings. The molecule has 144 valence electrons. The van der Waals surface area contributed by atoms with Crippen LogP contribution in [0.1, 0.15) is 61.5 Å². The first-order chi connectivity index (χ1) is 13.1. The second kappa shape index (κ2) is 6.72. The molecular weight excluding hydrogens is 410 g/mol. The Labute approximate surface area is 166 Å². The average molecular weight is 434 g/mol. The number of halogens is 1. The molecule has 0 aliphatic heterocycles. The zero-order chi connectivity index (χ0) is 18.4. The Kier molecular flexibility index (Phi) is 4.33. The topological polar surface area (TPSA) is 85.8 Å². The van der Waals surface area contributed by atoms with Gasteiger partial charge in [0.2, 0.25) is 0 Å². The van der Waals surface area contributed by atoms with Crippen LogP contribution >= 0.6 is 15.9 Å². The van der Waals surface area contributed by atoms with Crippen molar-refractivity contribution in [3.63, 3.8) is 0 Å². The summed E-state index contributed by atoms with van der Waals surface area (Å²) < 4.78 is 7.69. The molecule has 1 N–H and O–H groups in total. The molecule has 4 aliphatic rings. The number of hydrogen-bond acceptors (Lipinski definition) is 5. The minimum absolute atomic E-state index is 0.0294. The molecule has 0 spiro atoms. The van der Waals surface area contributed by atoms with E-state index < -0.39 is 0 Å². The number of carbonyl (C=O) groups excluding carboxylic acids is 1. The van der Waals surface area contributed by atoms with Gasteiger partial charge in [-0.1, -0.05) is 5.16 Å². The molecule has 2 heterocycles. The SMILES string of the molecule is O=C(NCCC12CC3CC(CC(C3)C1)C2)c1nc(Cn2cc(Br)cn2)no1. The van der Waals surface area contributed by atoms with E-state index in [1.54, 1.807) is 10.9 Å². The molecular formula is C19H24BrN5O2. The lowest BCUT2D eigenvalue weighted by molar-refractivity contribution is -0.0564. The lowest BCUT2D eigenvalue weighted by Crippen LogP contribution is -2.47. The Morgan fingerprint density at radius 3 is 2.59 bits per heavy atom. The van der Waals surface area contributed by atoms with Gasteiger partial charge in [0.15, 0.2) is 5.82 Å². The van der Waals surface area contributed by atoms with Gasteiger partial charge in [-0.05, 0) is 84.0 Å². The van der Waals surface area contributed by atoms with E-state index in [1.807, 2.05) is 6.20 Å². The van der Waals surface area contributed by atoms with Crippen LogP contribution in [0.5, 0.6) is 0 Å². The van der Waals surface area contributed by atoms with Gasteiger partial charge in [-0.15, -0.1) is 0 Å². The van der Waals surface area contributed by atoms with Crippen molar-refractivity contribution in [1.29, 1.82) is 0 Å². The van der Waals surface area contributed by atoms with Crippen molar-refractivity contribution >= 4 is 21.8 Å². The molecule has 0 radical (unpaired) electrons. The van der Waals surface area contributed by atoms with Gasteiger partial charge >= 0.3 is 11.8 Å². The van der Waals surface area contributed by atoms with Crippen molar-refractivity contribution in [2.75, 3.05) is 6.54 Å². The lowest BCUT2D eigenvalue weighted by Gasteiger charge is -2.57. The van der Waals surface area contributed by atoms with E-state index in [2.05, 4.69) is 36.5 Å². The second-order valence-electron chi connectivity index (χ2n) is 8.80. The Morgan fingerprint density at radius 2 is 1.96 bits per heavy atom. The van der Waals surface area contributed by atoms with Crippen LogP contribution in [0.25, 0.3) is 0 Å². The molecule has 8 heteroatoms. The Morgan fingerprint density at radius 1 is 1.26 bits per heavy atom. The largest absolute Gasteiger partial charge is 0.348 e. The molecule has 4 bridgehead atoms. The molecule has 2 aromatic heterocycles. The van der Waals surface area contributed by atoms with Crippen LogP contribution in [-0.4, -0.2) is 32.4 Å². The Hall–Kier alpha value is -1.70. The van der Waals surface area contributed by atoms with Gasteiger partial charge in [0, 0.05) is 12.7 Å². The molecule has 27 heavy (non-hydrogen) atoms. The summed E-state index contributed by atoms with van der Waals surface area (Å²) in [6, 6.07) is 0. The van der Waals surface area contributed by atoms with Crippen molar-refractivity contribution < 1.29 is 9.32 Å². The molecule has 4 aliphatic carbocycles. The number of aromatic nitrogens is 4. The molecule has 0 unspecified atom stereocenters. The van der Waals surface area contributed by atoms with Crippen molar-refractivity contribution in [2.24, 2.45) is 23.2 Å². The number of rotatable bonds is 6. The summed E-state index contributed by atoms with van der Waals surface area (Å²) in [6.45, 7) is 1.06. The van der Waals surface area contributed by atoms with Crippen molar-refractivity contribution in [2.45, 2.75) is 51.5 Å². The van der Waals surface area contributed by atoms with E-state index in [0.29, 0.717) is 24.3 Å². The fourth-order valence-electron chi connectivity index (χ4n) is 6.09. The van der Waals surface area contributed by atoms with E-state index in [4.69, 9.17) is 4.52 Å². The van der Waals surface area contributed by atoms with E-state index in [1.165, 1.54) is 38.5 Å². The molecule has 1 amide bonds. The third-order valence-electron chi connectivity index (χ3n) is 6.67. The highest BCUT2D eigenvalue weighted by Crippen LogP contribution is 2.61. The average Bonchev–Trinajstić information content (AvgIpc) is 3.23. The van der Waals surface area contributed by atoms with E-state index in [0.717, 1.165) is 28.6 Å². The molecule has 0 saturated heterocycles. The summed E-state index contributed by atoms with van der Waals surface area (Å²) in [7, 11) is 0. The summed E-state index contributed by atoms with van der Waals surface area (Å²) >= 11 is 3.35. The molecule has 0 atom stereocenters. The Balaban J connectivity index is 1.15. The summed E-state index contributed by atoms with van der Waals surface area (Å²) in [6.07, 6.45) is 13.0. The van der Waals surface area contributed by atoms with Crippen LogP contribution in [0.2, 0.25) is 0 Å². The number of nitrogens with zero attached hydrogens (tertiary/aromatic N) is 4. The molecule has 7 nitrogen and oxygen atoms in total. The highest BCUT2D eigenvalue weighted by atomic mass is 79.9. The number of amides is 1. The standard InChI is InChI=1S/C19H24BrN5O2/c20-15-9-22-25(10-15)11-16-23-18(27-24-16)17(26)21-2-1-19-6-12-3-13(7-19)5-14(4-12)8-19/h9-10,12-14H,1-8,11H2,(H,21,26). The fraction of sp³-hybridized carbons (Fsp3) is 0.684. The van der Waals surface area contributed by atoms with E-state index >= 15 is 0 Å². The van der Waals surface area contributed by atoms with Gasteiger partial charge in [0.25, 0.3) is 0 Å². The van der Waals surface area contributed by atoms with E-state index in [-0.39, 0.29) is 11.8 Å². The predicted molar refractivity (Wildman–Crippen MR) is 101 cm³/mol. The zero-order valence-electron chi connectivity index (χ0n) is 15.2. The maximum absolute atomic E-state index is 12.4. The normalized spacial score (nSPS) is 31.4. The smallest absolute Gasteiger partial charge is 0.316 e. The van der Waals surface area contributed by atoms with Gasteiger partial charge < -0.3 is 9.84 Å². The molecule has 4 saturated carbocycles. The maximum Gasteiger partial charge on any atom is 0.316 e. The van der Waals surface area contributed by atoms with Crippen LogP contribution in [-0.2, 0) is 6.54 Å². The third-order valence-corrected chi connectivity index (χ3v) is 7.08. The molecule has 4 fully saturated rings. The van der Waals surface area contributed by atoms with E-state index in [9.17, 15) is 4.79 Å². The van der Waals surface area contributed by atoms with Crippen LogP contribution in [0, 0.1) is 23.2 Å². The first kappa shape index (κ1) is 17.4. The highest BCUT2D eigenvalue weighted by Gasteiger charge is 2.50. The molecule has 0 aromatic carbocycles. The van der Waals surface area contributed by atoms with Gasteiger partial charge in [0.05, 0.1) is 10.7 Å². The van der Waals surface area contributed by atoms with Crippen LogP contribution in [0.3, 0.4) is 0 Å². The quantitative estimate of drug-likeness (QED) is 0.753. The van der Waals surface area contributed by atoms with Crippen molar-refractivity contribution in [3.8, 4) is 0 Å². The second-order valence-corrected chi connectivity index (χ2v) is 9.71. The van der Waals surface area contributed by atoms with Gasteiger partial charge in [0.1, 0.15) is 6.54 Å². The Bertz CT molecular complexity index is 809. The van der Waals surface area contributed by atoms with Gasteiger partial charge in [-0.3, -0.25) is 9.48 Å². The van der Waals surface area contributed by atoms with Crippen molar-refractivity contribution in [3.05, 3.63) is 28.6 Å². The summed E-state index contributed by atoms with van der Waals surface area (Å²) in [5.74, 6) is 3.01. The van der Waals surface area contributed by atoms with Crippen LogP contribution in [0.15, 0.2) is 21.4 Å². The molecule has 6 rings (SSSR count). The van der Waals surface area contributed by atoms with Crippen molar-refractivity contribution in [1.82, 2.24) is 25.2 Å². The first-order valence-corrected chi connectivity index (χ1v) is 10.6. The number of nitrogens with one attached hydrogen (secondary N) is 1. The highest BCUT2D eigenvalue weighted by molar-refractivity contribution is 9.10. The number of hydrogen-bond donors (Lipinski definition) is 1. The minimum atomic E-state index is -0.278. The monoisotopic (exact) mass is 433 g/mol.